The molecule has 0 saturated heterocycles. The molecule has 0 nitrogen and oxygen atoms in total. The summed E-state index contributed by atoms with van der Waals surface area (Å²) in [5, 5.41) is 0. The SMILES string of the molecule is FC1C(F)(F)C(F)C(F)(F)C(F)C1(F)F. The van der Waals surface area contributed by atoms with Gasteiger partial charge in [-0.3, -0.25) is 0 Å². The second-order valence-electron chi connectivity index (χ2n) is 3.11. The van der Waals surface area contributed by atoms with Crippen molar-refractivity contribution in [1.82, 2.24) is 0 Å². The zero-order valence-electron chi connectivity index (χ0n) is 6.63. The molecule has 9 heteroatoms. The molecule has 0 aliphatic heterocycles. The number of halogens is 9. The van der Waals surface area contributed by atoms with Gasteiger partial charge in [-0.15, -0.1) is 0 Å². The van der Waals surface area contributed by atoms with Crippen molar-refractivity contribution < 1.29 is 39.5 Å². The highest BCUT2D eigenvalue weighted by Crippen LogP contribution is 2.53. The van der Waals surface area contributed by atoms with Gasteiger partial charge in [0.25, 0.3) is 0 Å². The maximum atomic E-state index is 12.3. The van der Waals surface area contributed by atoms with E-state index in [-0.39, 0.29) is 0 Å². The van der Waals surface area contributed by atoms with Gasteiger partial charge < -0.3 is 0 Å². The first-order chi connectivity index (χ1) is 6.46. The van der Waals surface area contributed by atoms with E-state index in [9.17, 15) is 39.5 Å². The van der Waals surface area contributed by atoms with E-state index in [0.717, 1.165) is 0 Å². The van der Waals surface area contributed by atoms with Gasteiger partial charge >= 0.3 is 17.8 Å². The van der Waals surface area contributed by atoms with Crippen molar-refractivity contribution >= 4 is 0 Å². The summed E-state index contributed by atoms with van der Waals surface area (Å²) in [6, 6.07) is 0. The molecular formula is C6H3F9. The van der Waals surface area contributed by atoms with Crippen molar-refractivity contribution in [2.45, 2.75) is 36.3 Å². The highest BCUT2D eigenvalue weighted by Gasteiger charge is 2.80. The Balaban J connectivity index is 3.24. The van der Waals surface area contributed by atoms with Crippen LogP contribution < -0.4 is 0 Å². The summed E-state index contributed by atoms with van der Waals surface area (Å²) >= 11 is 0. The third-order valence-corrected chi connectivity index (χ3v) is 2.03. The topological polar surface area (TPSA) is 0 Å². The lowest BCUT2D eigenvalue weighted by atomic mass is 9.85. The van der Waals surface area contributed by atoms with Crippen molar-refractivity contribution in [3.05, 3.63) is 0 Å². The number of rotatable bonds is 0. The van der Waals surface area contributed by atoms with E-state index in [2.05, 4.69) is 0 Å². The van der Waals surface area contributed by atoms with Crippen LogP contribution in [0.2, 0.25) is 0 Å². The summed E-state index contributed by atoms with van der Waals surface area (Å²) in [6.07, 6.45) is -13.8. The third-order valence-electron chi connectivity index (χ3n) is 2.03. The van der Waals surface area contributed by atoms with Gasteiger partial charge in [0.2, 0.25) is 18.5 Å². The molecule has 15 heavy (non-hydrogen) atoms. The highest BCUT2D eigenvalue weighted by molar-refractivity contribution is 5.12. The maximum Gasteiger partial charge on any atom is 0.321 e. The van der Waals surface area contributed by atoms with E-state index >= 15 is 0 Å². The van der Waals surface area contributed by atoms with Crippen LogP contribution in [-0.4, -0.2) is 36.3 Å². The quantitative estimate of drug-likeness (QED) is 0.576. The molecule has 0 spiro atoms. The summed E-state index contributed by atoms with van der Waals surface area (Å²) in [6.45, 7) is 0. The van der Waals surface area contributed by atoms with Gasteiger partial charge in [0.1, 0.15) is 0 Å². The Kier molecular flexibility index (Phi) is 2.44. The summed E-state index contributed by atoms with van der Waals surface area (Å²) in [7, 11) is 0. The number of hydrogen-bond acceptors (Lipinski definition) is 0. The van der Waals surface area contributed by atoms with Gasteiger partial charge in [-0.1, -0.05) is 0 Å². The van der Waals surface area contributed by atoms with Gasteiger partial charge in [0.05, 0.1) is 0 Å². The van der Waals surface area contributed by atoms with Crippen LogP contribution in [0.25, 0.3) is 0 Å². The first-order valence-electron chi connectivity index (χ1n) is 3.52. The van der Waals surface area contributed by atoms with E-state index in [1.165, 1.54) is 0 Å². The Morgan fingerprint density at radius 3 is 0.733 bits per heavy atom. The second-order valence-corrected chi connectivity index (χ2v) is 3.11. The van der Waals surface area contributed by atoms with Gasteiger partial charge in [-0.2, -0.15) is 26.3 Å². The van der Waals surface area contributed by atoms with Crippen molar-refractivity contribution in [3.8, 4) is 0 Å². The molecule has 0 unspecified atom stereocenters. The van der Waals surface area contributed by atoms with Crippen molar-refractivity contribution in [3.63, 3.8) is 0 Å². The fourth-order valence-corrected chi connectivity index (χ4v) is 1.16. The monoisotopic (exact) mass is 246 g/mol. The summed E-state index contributed by atoms with van der Waals surface area (Å²) < 4.78 is 110. The molecule has 0 heterocycles. The Morgan fingerprint density at radius 1 is 0.467 bits per heavy atom. The normalized spacial score (nSPS) is 42.6. The molecule has 90 valence electrons. The van der Waals surface area contributed by atoms with Gasteiger partial charge in [0.15, 0.2) is 0 Å². The van der Waals surface area contributed by atoms with Gasteiger partial charge in [0, 0.05) is 0 Å². The lowest BCUT2D eigenvalue weighted by Crippen LogP contribution is -2.69. The van der Waals surface area contributed by atoms with E-state index in [0.29, 0.717) is 0 Å². The molecule has 1 aliphatic rings. The van der Waals surface area contributed by atoms with Crippen LogP contribution in [0.15, 0.2) is 0 Å². The molecule has 0 atom stereocenters. The minimum Gasteiger partial charge on any atom is -0.234 e. The van der Waals surface area contributed by atoms with Gasteiger partial charge in [-0.25, -0.2) is 13.2 Å². The van der Waals surface area contributed by atoms with Crippen molar-refractivity contribution in [2.75, 3.05) is 0 Å². The summed E-state index contributed by atoms with van der Waals surface area (Å²) in [5.74, 6) is -16.9. The van der Waals surface area contributed by atoms with Crippen LogP contribution in [0.5, 0.6) is 0 Å². The smallest absolute Gasteiger partial charge is 0.234 e. The first-order valence-corrected chi connectivity index (χ1v) is 3.52. The van der Waals surface area contributed by atoms with Crippen LogP contribution in [-0.2, 0) is 0 Å². The fourth-order valence-electron chi connectivity index (χ4n) is 1.16. The fraction of sp³-hybridized carbons (Fsp3) is 1.00. The average molecular weight is 246 g/mol. The molecule has 1 rings (SSSR count). The largest absolute Gasteiger partial charge is 0.321 e. The molecule has 0 aromatic rings. The molecule has 1 aliphatic carbocycles. The second kappa shape index (κ2) is 2.94. The zero-order chi connectivity index (χ0) is 12.2. The predicted molar refractivity (Wildman–Crippen MR) is 29.5 cm³/mol. The molecule has 1 saturated carbocycles. The van der Waals surface area contributed by atoms with Crippen LogP contribution in [0.3, 0.4) is 0 Å². The molecule has 1 fully saturated rings. The zero-order valence-corrected chi connectivity index (χ0v) is 6.63. The van der Waals surface area contributed by atoms with Crippen molar-refractivity contribution in [1.29, 1.82) is 0 Å². The van der Waals surface area contributed by atoms with Crippen molar-refractivity contribution in [2.24, 2.45) is 0 Å². The maximum absolute atomic E-state index is 12.3. The molecule has 0 bridgehead atoms. The predicted octanol–water partition coefficient (Wildman–Crippen LogP) is 2.92. The standard InChI is InChI=1S/C6H3F9/c7-1-4(10,11)2(8)6(14,15)3(9)5(1,12)13/h1-3H. The average Bonchev–Trinajstić information content (AvgIpc) is 2.12. The molecule has 0 radical (unpaired) electrons. The van der Waals surface area contributed by atoms with E-state index in [4.69, 9.17) is 0 Å². The molecular weight excluding hydrogens is 243 g/mol. The first kappa shape index (κ1) is 12.4. The molecule has 0 aromatic carbocycles. The lowest BCUT2D eigenvalue weighted by molar-refractivity contribution is -0.335. The minimum atomic E-state index is -5.63. The number of hydrogen-bond donors (Lipinski definition) is 0. The van der Waals surface area contributed by atoms with Gasteiger partial charge in [-0.05, 0) is 0 Å². The Hall–Kier alpha value is -0.630. The summed E-state index contributed by atoms with van der Waals surface area (Å²) in [4.78, 5) is 0. The molecule has 0 N–H and O–H groups in total. The molecule has 0 aromatic heterocycles. The van der Waals surface area contributed by atoms with E-state index in [1.54, 1.807) is 0 Å². The Bertz CT molecular complexity index is 199. The van der Waals surface area contributed by atoms with Crippen LogP contribution >= 0.6 is 0 Å². The van der Waals surface area contributed by atoms with E-state index in [1.807, 2.05) is 0 Å². The van der Waals surface area contributed by atoms with Crippen LogP contribution in [0.1, 0.15) is 0 Å². The van der Waals surface area contributed by atoms with Crippen LogP contribution in [0, 0.1) is 0 Å². The third kappa shape index (κ3) is 1.38. The Morgan fingerprint density at radius 2 is 0.600 bits per heavy atom. The Labute approximate surface area is 77.0 Å². The summed E-state index contributed by atoms with van der Waals surface area (Å²) in [5.41, 5.74) is 0. The number of alkyl halides is 9. The highest BCUT2D eigenvalue weighted by atomic mass is 19.3. The van der Waals surface area contributed by atoms with Crippen LogP contribution in [0.4, 0.5) is 39.5 Å². The lowest BCUT2D eigenvalue weighted by Gasteiger charge is -2.41. The minimum absolute atomic E-state index is 4.62. The van der Waals surface area contributed by atoms with E-state index < -0.39 is 36.3 Å². The molecule has 0 amide bonds.